The Morgan fingerprint density at radius 2 is 1.90 bits per heavy atom. The normalized spacial score (nSPS) is 12.4. The first-order chi connectivity index (χ1) is 13.9. The minimum Gasteiger partial charge on any atom is -0.325 e. The average Bonchev–Trinajstić information content (AvgIpc) is 3.15. The Hall–Kier alpha value is -3.11. The van der Waals surface area contributed by atoms with Crippen LogP contribution >= 0.6 is 0 Å². The summed E-state index contributed by atoms with van der Waals surface area (Å²) in [4.78, 5) is 31.2. The van der Waals surface area contributed by atoms with Crippen LogP contribution in [0.15, 0.2) is 46.2 Å². The highest BCUT2D eigenvalue weighted by molar-refractivity contribution is 5.69. The predicted molar refractivity (Wildman–Crippen MR) is 115 cm³/mol. The summed E-state index contributed by atoms with van der Waals surface area (Å²) in [6.07, 6.45) is 8.96. The minimum atomic E-state index is -0.373. The summed E-state index contributed by atoms with van der Waals surface area (Å²) in [6.45, 7) is 4.20. The third-order valence-electron chi connectivity index (χ3n) is 5.35. The lowest BCUT2D eigenvalue weighted by Crippen LogP contribution is -2.38. The monoisotopic (exact) mass is 393 g/mol. The van der Waals surface area contributed by atoms with Gasteiger partial charge in [-0.2, -0.15) is 0 Å². The molecule has 0 bridgehead atoms. The van der Waals surface area contributed by atoms with E-state index in [9.17, 15) is 9.59 Å². The molecule has 0 radical (unpaired) electrons. The molecule has 29 heavy (non-hydrogen) atoms. The van der Waals surface area contributed by atoms with Crippen molar-refractivity contribution in [2.45, 2.75) is 32.4 Å². The largest absolute Gasteiger partial charge is 0.332 e. The summed E-state index contributed by atoms with van der Waals surface area (Å²) in [6, 6.07) is 10.7. The number of imidazole rings is 1. The van der Waals surface area contributed by atoms with Gasteiger partial charge in [-0.25, -0.2) is 9.78 Å². The van der Waals surface area contributed by atoms with Gasteiger partial charge >= 0.3 is 5.69 Å². The molecule has 1 unspecified atom stereocenters. The lowest BCUT2D eigenvalue weighted by Gasteiger charge is -2.27. The van der Waals surface area contributed by atoms with E-state index in [0.717, 1.165) is 24.0 Å². The van der Waals surface area contributed by atoms with Gasteiger partial charge in [0.05, 0.1) is 12.9 Å². The van der Waals surface area contributed by atoms with Gasteiger partial charge < -0.3 is 4.57 Å². The molecule has 3 rings (SSSR count). The second kappa shape index (κ2) is 8.93. The third kappa shape index (κ3) is 4.33. The molecule has 7 nitrogen and oxygen atoms in total. The Bertz CT molecular complexity index is 1130. The molecule has 2 heterocycles. The van der Waals surface area contributed by atoms with E-state index < -0.39 is 0 Å². The highest BCUT2D eigenvalue weighted by Gasteiger charge is 2.16. The lowest BCUT2D eigenvalue weighted by molar-refractivity contribution is 0.227. The number of terminal acetylenes is 1. The van der Waals surface area contributed by atoms with Crippen molar-refractivity contribution in [1.29, 1.82) is 0 Å². The number of aromatic nitrogens is 4. The molecular weight excluding hydrogens is 366 g/mol. The van der Waals surface area contributed by atoms with E-state index in [4.69, 9.17) is 6.42 Å². The average molecular weight is 393 g/mol. The van der Waals surface area contributed by atoms with Crippen LogP contribution in [-0.4, -0.2) is 42.7 Å². The number of hydrogen-bond donors (Lipinski definition) is 0. The highest BCUT2D eigenvalue weighted by Crippen LogP contribution is 2.11. The van der Waals surface area contributed by atoms with Crippen LogP contribution < -0.4 is 11.2 Å². The van der Waals surface area contributed by atoms with Gasteiger partial charge in [-0.3, -0.25) is 18.8 Å². The molecular formula is C22H27N5O2. The van der Waals surface area contributed by atoms with Gasteiger partial charge in [0.1, 0.15) is 0 Å². The van der Waals surface area contributed by atoms with Crippen LogP contribution in [0.25, 0.3) is 11.2 Å². The Labute approximate surface area is 170 Å². The minimum absolute atomic E-state index is 0.307. The van der Waals surface area contributed by atoms with E-state index in [1.165, 1.54) is 17.2 Å². The van der Waals surface area contributed by atoms with E-state index in [-0.39, 0.29) is 11.2 Å². The molecule has 152 valence electrons. The van der Waals surface area contributed by atoms with Gasteiger partial charge in [0.25, 0.3) is 5.56 Å². The highest BCUT2D eigenvalue weighted by atomic mass is 16.2. The van der Waals surface area contributed by atoms with Crippen molar-refractivity contribution in [3.63, 3.8) is 0 Å². The smallest absolute Gasteiger partial charge is 0.325 e. The standard InChI is InChI=1S/C22H27N5O2/c1-5-12-26(17(2)15-18-10-7-6-8-11-18)13-9-14-27-16-23-20-19(27)21(28)25(4)22(29)24(20)3/h1,6-8,10-11,16-17H,9,12-15H2,2-4H3. The Balaban J connectivity index is 1.71. The van der Waals surface area contributed by atoms with Crippen LogP contribution in [0.5, 0.6) is 0 Å². The fourth-order valence-electron chi connectivity index (χ4n) is 3.67. The molecule has 0 aliphatic rings. The molecule has 0 fully saturated rings. The van der Waals surface area contributed by atoms with Crippen LogP contribution in [0, 0.1) is 12.3 Å². The Morgan fingerprint density at radius 1 is 1.17 bits per heavy atom. The summed E-state index contributed by atoms with van der Waals surface area (Å²) < 4.78 is 4.35. The molecule has 2 aromatic heterocycles. The van der Waals surface area contributed by atoms with E-state index in [1.807, 2.05) is 22.8 Å². The molecule has 0 saturated heterocycles. The summed E-state index contributed by atoms with van der Waals surface area (Å²) in [5.41, 5.74) is 1.46. The molecule has 3 aromatic rings. The van der Waals surface area contributed by atoms with Crippen LogP contribution in [-0.2, 0) is 27.1 Å². The first-order valence-corrected chi connectivity index (χ1v) is 9.76. The number of aryl methyl sites for hydroxylation is 2. The summed E-state index contributed by atoms with van der Waals surface area (Å²) >= 11 is 0. The van der Waals surface area contributed by atoms with E-state index in [1.54, 1.807) is 13.4 Å². The first kappa shape index (κ1) is 20.6. The molecule has 7 heteroatoms. The zero-order valence-electron chi connectivity index (χ0n) is 17.2. The second-order valence-electron chi connectivity index (χ2n) is 7.38. The van der Waals surface area contributed by atoms with E-state index in [2.05, 4.69) is 34.9 Å². The van der Waals surface area contributed by atoms with Crippen molar-refractivity contribution in [2.24, 2.45) is 14.1 Å². The zero-order valence-corrected chi connectivity index (χ0v) is 17.2. The maximum Gasteiger partial charge on any atom is 0.332 e. The van der Waals surface area contributed by atoms with Crippen molar-refractivity contribution in [3.8, 4) is 12.3 Å². The zero-order chi connectivity index (χ0) is 21.0. The maximum atomic E-state index is 12.5. The molecule has 0 aliphatic carbocycles. The number of nitrogens with zero attached hydrogens (tertiary/aromatic N) is 5. The summed E-state index contributed by atoms with van der Waals surface area (Å²) in [5.74, 6) is 2.75. The number of fused-ring (bicyclic) bond motifs is 1. The molecule has 0 aliphatic heterocycles. The van der Waals surface area contributed by atoms with E-state index in [0.29, 0.717) is 30.3 Å². The molecule has 0 saturated carbocycles. The molecule has 1 aromatic carbocycles. The lowest BCUT2D eigenvalue weighted by atomic mass is 10.1. The Morgan fingerprint density at radius 3 is 2.59 bits per heavy atom. The van der Waals surface area contributed by atoms with Gasteiger partial charge in [0.2, 0.25) is 0 Å². The van der Waals surface area contributed by atoms with Gasteiger partial charge in [0, 0.05) is 33.2 Å². The first-order valence-electron chi connectivity index (χ1n) is 9.76. The van der Waals surface area contributed by atoms with Gasteiger partial charge in [0.15, 0.2) is 11.2 Å². The van der Waals surface area contributed by atoms with Crippen LogP contribution in [0.2, 0.25) is 0 Å². The molecule has 0 amide bonds. The second-order valence-corrected chi connectivity index (χ2v) is 7.38. The SMILES string of the molecule is C#CCN(CCCn1cnc2c1c(=O)n(C)c(=O)n2C)C(C)Cc1ccccc1. The molecule has 1 atom stereocenters. The Kier molecular flexibility index (Phi) is 6.35. The van der Waals surface area contributed by atoms with Gasteiger partial charge in [-0.05, 0) is 25.3 Å². The number of benzene rings is 1. The van der Waals surface area contributed by atoms with Crippen molar-refractivity contribution < 1.29 is 0 Å². The van der Waals surface area contributed by atoms with Crippen molar-refractivity contribution in [3.05, 3.63) is 63.1 Å². The van der Waals surface area contributed by atoms with Gasteiger partial charge in [-0.1, -0.05) is 36.3 Å². The van der Waals surface area contributed by atoms with Crippen molar-refractivity contribution in [1.82, 2.24) is 23.6 Å². The summed E-state index contributed by atoms with van der Waals surface area (Å²) in [5, 5.41) is 0. The number of rotatable bonds is 8. The van der Waals surface area contributed by atoms with E-state index >= 15 is 0 Å². The topological polar surface area (TPSA) is 65.1 Å². The summed E-state index contributed by atoms with van der Waals surface area (Å²) in [7, 11) is 3.11. The quantitative estimate of drug-likeness (QED) is 0.543. The van der Waals surface area contributed by atoms with Gasteiger partial charge in [-0.15, -0.1) is 6.42 Å². The third-order valence-corrected chi connectivity index (χ3v) is 5.35. The molecule has 0 spiro atoms. The molecule has 0 N–H and O–H groups in total. The van der Waals surface area contributed by atoms with Crippen LogP contribution in [0.1, 0.15) is 18.9 Å². The number of hydrogen-bond acceptors (Lipinski definition) is 4. The maximum absolute atomic E-state index is 12.5. The fourth-order valence-corrected chi connectivity index (χ4v) is 3.67. The van der Waals surface area contributed by atoms with Crippen molar-refractivity contribution >= 4 is 11.2 Å². The fraction of sp³-hybridized carbons (Fsp3) is 0.409. The van der Waals surface area contributed by atoms with Crippen LogP contribution in [0.3, 0.4) is 0 Å². The van der Waals surface area contributed by atoms with Crippen LogP contribution in [0.4, 0.5) is 0 Å². The predicted octanol–water partition coefficient (Wildman–Crippen LogP) is 1.39. The van der Waals surface area contributed by atoms with Crippen molar-refractivity contribution in [2.75, 3.05) is 13.1 Å².